The molecule has 56 heavy (non-hydrogen) atoms. The van der Waals surface area contributed by atoms with E-state index in [9.17, 15) is 33.9 Å². The lowest BCUT2D eigenvalue weighted by molar-refractivity contribution is -0.144. The summed E-state index contributed by atoms with van der Waals surface area (Å²) < 4.78 is 27.0. The maximum absolute atomic E-state index is 12.4. The van der Waals surface area contributed by atoms with Gasteiger partial charge in [-0.15, -0.1) is 0 Å². The average molecular weight is 795 g/mol. The molecule has 0 unspecified atom stereocenters. The van der Waals surface area contributed by atoms with Crippen molar-refractivity contribution < 1.29 is 62.7 Å². The lowest BCUT2D eigenvalue weighted by Crippen LogP contribution is -2.29. The van der Waals surface area contributed by atoms with Gasteiger partial charge in [-0.3, -0.25) is 24.0 Å². The first kappa shape index (κ1) is 50.1. The van der Waals surface area contributed by atoms with Gasteiger partial charge in [-0.1, -0.05) is 57.9 Å². The Morgan fingerprint density at radius 2 is 1.21 bits per heavy atom. The first-order valence-electron chi connectivity index (χ1n) is 20.2. The summed E-state index contributed by atoms with van der Waals surface area (Å²) in [6.07, 6.45) is 11.1. The van der Waals surface area contributed by atoms with E-state index in [1.54, 1.807) is 12.1 Å². The first-order chi connectivity index (χ1) is 27.1. The van der Waals surface area contributed by atoms with Gasteiger partial charge < -0.3 is 44.5 Å². The zero-order chi connectivity index (χ0) is 41.1. The molecule has 0 saturated heterocycles. The number of Topliss-reactive ketones (excluding diaryl/α,β-unsaturated/α-hetero) is 2. The van der Waals surface area contributed by atoms with E-state index < -0.39 is 17.9 Å². The number of carbonyl (C=O) groups is 6. The van der Waals surface area contributed by atoms with E-state index in [0.29, 0.717) is 58.0 Å². The van der Waals surface area contributed by atoms with Crippen LogP contribution in [-0.2, 0) is 42.9 Å². The number of unbranched alkanes of at least 4 members (excludes halogenated alkanes) is 8. The second kappa shape index (κ2) is 34.3. The molecular formula is C41H66N2O13. The van der Waals surface area contributed by atoms with Gasteiger partial charge in [-0.25, -0.2) is 4.79 Å². The van der Waals surface area contributed by atoms with Gasteiger partial charge in [0.05, 0.1) is 51.1 Å². The maximum atomic E-state index is 12.4. The summed E-state index contributed by atoms with van der Waals surface area (Å²) in [7, 11) is 0. The molecule has 15 heteroatoms. The van der Waals surface area contributed by atoms with Crippen molar-refractivity contribution in [2.75, 3.05) is 72.6 Å². The standard InChI is InChI=1S/C41H66N2O13/c1-2-20-42-39(47)32-55-28-25-52-22-13-16-36(45)31-54-27-26-53-24-21-43-38(46)19-18-34(41(50)51)29-35(44)15-10-8-6-4-3-5-7-9-11-23-56-37-17-12-14-33(30-37)40(48)49/h12,14,17,30,34H,2-11,13,15-16,18-29,31-32H2,1H3,(H,42,47)(H,43,46)(H,48,49)(H,50,51)/t34-/m1/s1. The van der Waals surface area contributed by atoms with E-state index in [4.69, 9.17) is 28.8 Å². The number of aromatic carboxylic acids is 1. The van der Waals surface area contributed by atoms with Crippen LogP contribution in [0.3, 0.4) is 0 Å². The van der Waals surface area contributed by atoms with E-state index in [2.05, 4.69) is 10.6 Å². The van der Waals surface area contributed by atoms with Crippen LogP contribution in [-0.4, -0.2) is 118 Å². The third-order valence-electron chi connectivity index (χ3n) is 8.62. The fourth-order valence-corrected chi connectivity index (χ4v) is 5.47. The van der Waals surface area contributed by atoms with Crippen LogP contribution in [0.15, 0.2) is 24.3 Å². The molecular weight excluding hydrogens is 728 g/mol. The Morgan fingerprint density at radius 1 is 0.607 bits per heavy atom. The molecule has 0 aromatic heterocycles. The summed E-state index contributed by atoms with van der Waals surface area (Å²) in [5.41, 5.74) is 0.211. The number of hydrogen-bond donors (Lipinski definition) is 4. The van der Waals surface area contributed by atoms with Gasteiger partial charge in [0.1, 0.15) is 24.7 Å². The predicted molar refractivity (Wildman–Crippen MR) is 209 cm³/mol. The highest BCUT2D eigenvalue weighted by Gasteiger charge is 2.22. The van der Waals surface area contributed by atoms with Crippen molar-refractivity contribution in [1.82, 2.24) is 10.6 Å². The van der Waals surface area contributed by atoms with Gasteiger partial charge in [0.15, 0.2) is 5.78 Å². The molecule has 0 aliphatic rings. The van der Waals surface area contributed by atoms with Crippen molar-refractivity contribution in [3.05, 3.63) is 29.8 Å². The number of hydrogen-bond acceptors (Lipinski definition) is 11. The molecule has 4 N–H and O–H groups in total. The van der Waals surface area contributed by atoms with Crippen LogP contribution in [0, 0.1) is 5.92 Å². The van der Waals surface area contributed by atoms with Crippen LogP contribution in [0.4, 0.5) is 0 Å². The number of carboxylic acid groups (broad SMARTS) is 2. The maximum Gasteiger partial charge on any atom is 0.335 e. The molecule has 318 valence electrons. The van der Waals surface area contributed by atoms with Gasteiger partial charge in [0.2, 0.25) is 11.8 Å². The lowest BCUT2D eigenvalue weighted by Gasteiger charge is -2.12. The van der Waals surface area contributed by atoms with Crippen LogP contribution in [0.1, 0.15) is 120 Å². The number of aliphatic carboxylic acids is 1. The van der Waals surface area contributed by atoms with Crippen LogP contribution in [0.5, 0.6) is 5.75 Å². The summed E-state index contributed by atoms with van der Waals surface area (Å²) in [5.74, 6) is -2.98. The predicted octanol–water partition coefficient (Wildman–Crippen LogP) is 5.16. The highest BCUT2D eigenvalue weighted by Crippen LogP contribution is 2.17. The van der Waals surface area contributed by atoms with Crippen molar-refractivity contribution in [1.29, 1.82) is 0 Å². The Hall–Kier alpha value is -3.92. The number of amides is 2. The Morgan fingerprint density at radius 3 is 1.89 bits per heavy atom. The largest absolute Gasteiger partial charge is 0.494 e. The number of carboxylic acids is 2. The monoisotopic (exact) mass is 794 g/mol. The Balaban J connectivity index is 1.94. The molecule has 0 spiro atoms. The molecule has 0 radical (unpaired) electrons. The molecule has 1 atom stereocenters. The van der Waals surface area contributed by atoms with Gasteiger partial charge in [-0.05, 0) is 50.3 Å². The van der Waals surface area contributed by atoms with Gasteiger partial charge >= 0.3 is 11.9 Å². The third-order valence-corrected chi connectivity index (χ3v) is 8.62. The van der Waals surface area contributed by atoms with E-state index in [-0.39, 0.29) is 87.8 Å². The minimum absolute atomic E-state index is 0.000180. The van der Waals surface area contributed by atoms with E-state index in [0.717, 1.165) is 64.2 Å². The first-order valence-corrected chi connectivity index (χ1v) is 20.2. The summed E-state index contributed by atoms with van der Waals surface area (Å²) in [6, 6.07) is 6.49. The number of benzene rings is 1. The Bertz CT molecular complexity index is 1260. The van der Waals surface area contributed by atoms with Gasteiger partial charge in [0, 0.05) is 45.4 Å². The van der Waals surface area contributed by atoms with Crippen LogP contribution < -0.4 is 15.4 Å². The number of ether oxygens (including phenoxy) is 5. The Labute approximate surface area is 331 Å². The smallest absolute Gasteiger partial charge is 0.335 e. The van der Waals surface area contributed by atoms with Crippen molar-refractivity contribution >= 4 is 35.3 Å². The normalized spacial score (nSPS) is 11.5. The quantitative estimate of drug-likeness (QED) is 0.0635. The second-order valence-corrected chi connectivity index (χ2v) is 13.6. The summed E-state index contributed by atoms with van der Waals surface area (Å²) in [6.45, 7) is 5.12. The third kappa shape index (κ3) is 29.4. The summed E-state index contributed by atoms with van der Waals surface area (Å²) >= 11 is 0. The fraction of sp³-hybridized carbons (Fsp3) is 0.707. The SMILES string of the molecule is CCCNC(=O)COCCOCCCC(=O)COCCOCCNC(=O)CC[C@H](CC(=O)CCCCCCCCCCCOc1cccc(C(=O)O)c1)C(=O)O. The van der Waals surface area contributed by atoms with Crippen LogP contribution in [0.2, 0.25) is 0 Å². The number of carbonyl (C=O) groups excluding carboxylic acids is 4. The van der Waals surface area contributed by atoms with Crippen molar-refractivity contribution in [2.24, 2.45) is 5.92 Å². The average Bonchev–Trinajstić information content (AvgIpc) is 3.17. The Kier molecular flexibility index (Phi) is 30.7. The molecule has 0 saturated carbocycles. The molecule has 1 aromatic rings. The minimum atomic E-state index is -1.08. The molecule has 15 nitrogen and oxygen atoms in total. The molecule has 0 heterocycles. The topological polar surface area (TPSA) is 213 Å². The molecule has 1 aromatic carbocycles. The fourth-order valence-electron chi connectivity index (χ4n) is 5.47. The van der Waals surface area contributed by atoms with Crippen LogP contribution >= 0.6 is 0 Å². The van der Waals surface area contributed by atoms with E-state index >= 15 is 0 Å². The molecule has 0 aliphatic carbocycles. The van der Waals surface area contributed by atoms with Gasteiger partial charge in [0.25, 0.3) is 0 Å². The zero-order valence-corrected chi connectivity index (χ0v) is 33.4. The second-order valence-electron chi connectivity index (χ2n) is 13.6. The van der Waals surface area contributed by atoms with E-state index in [1.165, 1.54) is 12.1 Å². The minimum Gasteiger partial charge on any atom is -0.494 e. The van der Waals surface area contributed by atoms with Crippen molar-refractivity contribution in [3.8, 4) is 5.75 Å². The van der Waals surface area contributed by atoms with Crippen LogP contribution in [0.25, 0.3) is 0 Å². The molecule has 0 fully saturated rings. The highest BCUT2D eigenvalue weighted by molar-refractivity contribution is 5.88. The molecule has 0 aliphatic heterocycles. The van der Waals surface area contributed by atoms with E-state index in [1.807, 2.05) is 6.92 Å². The highest BCUT2D eigenvalue weighted by atomic mass is 16.5. The van der Waals surface area contributed by atoms with Gasteiger partial charge in [-0.2, -0.15) is 0 Å². The molecule has 1 rings (SSSR count). The van der Waals surface area contributed by atoms with Crippen molar-refractivity contribution in [3.63, 3.8) is 0 Å². The molecule has 0 bridgehead atoms. The summed E-state index contributed by atoms with van der Waals surface area (Å²) in [5, 5.41) is 24.0. The number of rotatable bonds is 39. The lowest BCUT2D eigenvalue weighted by atomic mass is 9.94. The molecule has 2 amide bonds. The number of ketones is 2. The van der Waals surface area contributed by atoms with Crippen molar-refractivity contribution in [2.45, 2.75) is 110 Å². The zero-order valence-electron chi connectivity index (χ0n) is 33.4. The number of nitrogens with one attached hydrogen (secondary N) is 2. The summed E-state index contributed by atoms with van der Waals surface area (Å²) in [4.78, 5) is 70.7.